The van der Waals surface area contributed by atoms with Crippen molar-refractivity contribution in [3.63, 3.8) is 0 Å². The van der Waals surface area contributed by atoms with Gasteiger partial charge >= 0.3 is 0 Å². The van der Waals surface area contributed by atoms with E-state index >= 15 is 0 Å². The molecule has 2 heteroatoms. The van der Waals surface area contributed by atoms with Gasteiger partial charge in [-0.3, -0.25) is 4.79 Å². The van der Waals surface area contributed by atoms with Crippen LogP contribution in [0.15, 0.2) is 0 Å². The number of ketones is 1. The van der Waals surface area contributed by atoms with Crippen molar-refractivity contribution in [3.05, 3.63) is 0 Å². The molecule has 0 unspecified atom stereocenters. The summed E-state index contributed by atoms with van der Waals surface area (Å²) in [7, 11) is 0. The fraction of sp³-hybridized carbons (Fsp3) is 0.600. The van der Waals surface area contributed by atoms with Crippen molar-refractivity contribution in [1.82, 2.24) is 0 Å². The highest BCUT2D eigenvalue weighted by Gasteiger charge is 2.33. The predicted octanol–water partition coefficient (Wildman–Crippen LogP) is 0.615. The van der Waals surface area contributed by atoms with Crippen LogP contribution in [0.2, 0.25) is 0 Å². The van der Waals surface area contributed by atoms with Gasteiger partial charge in [0.25, 0.3) is 0 Å². The molecule has 7 heavy (non-hydrogen) atoms. The summed E-state index contributed by atoms with van der Waals surface area (Å²) in [4.78, 5) is 10.3. The minimum Gasteiger partial charge on any atom is -0.309 e. The van der Waals surface area contributed by atoms with E-state index in [2.05, 4.69) is 0 Å². The van der Waals surface area contributed by atoms with Gasteiger partial charge in [-0.05, 0) is 6.92 Å². The molecule has 38 valence electrons. The maximum atomic E-state index is 10.3. The van der Waals surface area contributed by atoms with Crippen molar-refractivity contribution >= 4 is 11.5 Å². The first-order valence-electron chi connectivity index (χ1n) is 2.29. The summed E-state index contributed by atoms with van der Waals surface area (Å²) in [6.45, 7) is 1.53. The van der Waals surface area contributed by atoms with Crippen molar-refractivity contribution in [2.24, 2.45) is 5.92 Å². The van der Waals surface area contributed by atoms with Crippen LogP contribution in [-0.2, 0) is 4.79 Å². The van der Waals surface area contributed by atoms with E-state index in [9.17, 15) is 4.79 Å². The lowest BCUT2D eigenvalue weighted by atomic mass is 10.3. The Morgan fingerprint density at radius 1 is 2.00 bits per heavy atom. The summed E-state index contributed by atoms with van der Waals surface area (Å²) in [5, 5.41) is 6.88. The summed E-state index contributed by atoms with van der Waals surface area (Å²) in [5.41, 5.74) is 0.604. The van der Waals surface area contributed by atoms with E-state index in [1.807, 2.05) is 0 Å². The Bertz CT molecular complexity index is 128. The Labute approximate surface area is 42.0 Å². The molecule has 0 heterocycles. The van der Waals surface area contributed by atoms with Gasteiger partial charge < -0.3 is 5.41 Å². The molecule has 0 saturated heterocycles. The molecule has 0 amide bonds. The van der Waals surface area contributed by atoms with Crippen molar-refractivity contribution in [2.45, 2.75) is 13.3 Å². The highest BCUT2D eigenvalue weighted by molar-refractivity contribution is 6.15. The van der Waals surface area contributed by atoms with Crippen molar-refractivity contribution < 1.29 is 4.79 Å². The third-order valence-corrected chi connectivity index (χ3v) is 1.18. The SMILES string of the molecule is CC(=O)[C@@H]1CC1=N. The second kappa shape index (κ2) is 1.15. The average molecular weight is 97.1 g/mol. The smallest absolute Gasteiger partial charge is 0.138 e. The van der Waals surface area contributed by atoms with Gasteiger partial charge in [-0.25, -0.2) is 0 Å². The highest BCUT2D eigenvalue weighted by Crippen LogP contribution is 2.24. The van der Waals surface area contributed by atoms with Crippen LogP contribution in [0.1, 0.15) is 13.3 Å². The van der Waals surface area contributed by atoms with Crippen LogP contribution >= 0.6 is 0 Å². The Kier molecular flexibility index (Phi) is 0.741. The van der Waals surface area contributed by atoms with Gasteiger partial charge in [-0.2, -0.15) is 0 Å². The van der Waals surface area contributed by atoms with Crippen LogP contribution in [0, 0.1) is 11.3 Å². The van der Waals surface area contributed by atoms with Crippen molar-refractivity contribution in [3.8, 4) is 0 Å². The second-order valence-electron chi connectivity index (χ2n) is 1.89. The first-order chi connectivity index (χ1) is 3.22. The van der Waals surface area contributed by atoms with E-state index in [4.69, 9.17) is 5.41 Å². The molecule has 1 fully saturated rings. The van der Waals surface area contributed by atoms with Crippen LogP contribution in [0.4, 0.5) is 0 Å². The first-order valence-corrected chi connectivity index (χ1v) is 2.29. The molecule has 0 aromatic heterocycles. The van der Waals surface area contributed by atoms with Gasteiger partial charge in [-0.15, -0.1) is 0 Å². The summed E-state index contributed by atoms with van der Waals surface area (Å²) in [5.74, 6) is 0.157. The Morgan fingerprint density at radius 2 is 2.43 bits per heavy atom. The lowest BCUT2D eigenvalue weighted by Crippen LogP contribution is -1.92. The number of nitrogens with one attached hydrogen (secondary N) is 1. The van der Waals surface area contributed by atoms with Crippen LogP contribution in [0.25, 0.3) is 0 Å². The van der Waals surface area contributed by atoms with Crippen molar-refractivity contribution in [1.29, 1.82) is 5.41 Å². The number of carbonyl (C=O) groups excluding carboxylic acids is 1. The second-order valence-corrected chi connectivity index (χ2v) is 1.89. The fourth-order valence-electron chi connectivity index (χ4n) is 0.550. The quantitative estimate of drug-likeness (QED) is 0.511. The fourth-order valence-corrected chi connectivity index (χ4v) is 0.550. The largest absolute Gasteiger partial charge is 0.309 e. The molecule has 0 bridgehead atoms. The first kappa shape index (κ1) is 4.50. The maximum Gasteiger partial charge on any atom is 0.138 e. The molecule has 1 N–H and O–H groups in total. The van der Waals surface area contributed by atoms with E-state index in [1.54, 1.807) is 0 Å². The molecule has 1 rings (SSSR count). The average Bonchev–Trinajstić information content (AvgIpc) is 2.17. The van der Waals surface area contributed by atoms with Gasteiger partial charge in [0, 0.05) is 12.1 Å². The zero-order valence-corrected chi connectivity index (χ0v) is 4.19. The third-order valence-electron chi connectivity index (χ3n) is 1.18. The Hall–Kier alpha value is -0.660. The molecule has 1 aliphatic carbocycles. The van der Waals surface area contributed by atoms with Gasteiger partial charge in [0.2, 0.25) is 0 Å². The standard InChI is InChI=1S/C5H7NO/c1-3(7)4-2-5(4)6/h4,6H,2H2,1H3/t4-/m0/s1. The van der Waals surface area contributed by atoms with Crippen LogP contribution in [0.5, 0.6) is 0 Å². The number of Topliss-reactive ketones (excluding diaryl/α,β-unsaturated/α-hetero) is 1. The molecular formula is C5H7NO. The van der Waals surface area contributed by atoms with E-state index < -0.39 is 0 Å². The molecule has 1 saturated carbocycles. The Morgan fingerprint density at radius 3 is 2.43 bits per heavy atom. The molecule has 0 aliphatic heterocycles. The van der Waals surface area contributed by atoms with E-state index in [1.165, 1.54) is 6.92 Å². The molecule has 0 aromatic rings. The summed E-state index contributed by atoms with van der Waals surface area (Å²) < 4.78 is 0. The zero-order chi connectivity index (χ0) is 5.44. The molecular weight excluding hydrogens is 90.1 g/mol. The minimum atomic E-state index is 0.0139. The monoisotopic (exact) mass is 97.1 g/mol. The number of carbonyl (C=O) groups is 1. The normalized spacial score (nSPS) is 27.6. The van der Waals surface area contributed by atoms with Crippen LogP contribution < -0.4 is 0 Å². The molecule has 1 atom stereocenters. The van der Waals surface area contributed by atoms with Crippen LogP contribution in [0.3, 0.4) is 0 Å². The molecule has 2 nitrogen and oxygen atoms in total. The van der Waals surface area contributed by atoms with Gasteiger partial charge in [0.1, 0.15) is 5.78 Å². The van der Waals surface area contributed by atoms with Gasteiger partial charge in [-0.1, -0.05) is 0 Å². The highest BCUT2D eigenvalue weighted by atomic mass is 16.1. The van der Waals surface area contributed by atoms with Crippen molar-refractivity contribution in [2.75, 3.05) is 0 Å². The predicted molar refractivity (Wildman–Crippen MR) is 26.5 cm³/mol. The van der Waals surface area contributed by atoms with Gasteiger partial charge in [0.05, 0.1) is 5.92 Å². The lowest BCUT2D eigenvalue weighted by molar-refractivity contribution is -0.117. The van der Waals surface area contributed by atoms with E-state index in [-0.39, 0.29) is 11.7 Å². The lowest BCUT2D eigenvalue weighted by Gasteiger charge is -1.75. The maximum absolute atomic E-state index is 10.3. The van der Waals surface area contributed by atoms with Gasteiger partial charge in [0.15, 0.2) is 0 Å². The van der Waals surface area contributed by atoms with E-state index in [0.717, 1.165) is 6.42 Å². The zero-order valence-electron chi connectivity index (χ0n) is 4.19. The number of hydrogen-bond acceptors (Lipinski definition) is 2. The molecule has 0 radical (unpaired) electrons. The molecule has 0 aromatic carbocycles. The summed E-state index contributed by atoms with van der Waals surface area (Å²) in [6, 6.07) is 0. The molecule has 0 spiro atoms. The molecule has 1 aliphatic rings. The summed E-state index contributed by atoms with van der Waals surface area (Å²) >= 11 is 0. The topological polar surface area (TPSA) is 40.9 Å². The number of hydrogen-bond donors (Lipinski definition) is 1. The van der Waals surface area contributed by atoms with Crippen LogP contribution in [-0.4, -0.2) is 11.5 Å². The third kappa shape index (κ3) is 0.683. The minimum absolute atomic E-state index is 0.0139. The number of rotatable bonds is 1. The Balaban J connectivity index is 2.48. The van der Waals surface area contributed by atoms with E-state index in [0.29, 0.717) is 5.71 Å². The summed E-state index contributed by atoms with van der Waals surface area (Å²) in [6.07, 6.45) is 0.718.